The maximum absolute atomic E-state index is 14.3. The molecule has 6 atom stereocenters. The summed E-state index contributed by atoms with van der Waals surface area (Å²) in [5.41, 5.74) is 0.979. The first-order chi connectivity index (χ1) is 19.5. The van der Waals surface area contributed by atoms with E-state index in [9.17, 15) is 9.59 Å². The van der Waals surface area contributed by atoms with E-state index in [0.29, 0.717) is 13.1 Å². The minimum Gasteiger partial charge on any atom is -0.468 e. The molecule has 41 heavy (non-hydrogen) atoms. The van der Waals surface area contributed by atoms with Crippen LogP contribution in [0, 0.1) is 0 Å². The van der Waals surface area contributed by atoms with Gasteiger partial charge in [0.25, 0.3) is 0 Å². The third-order valence-electron chi connectivity index (χ3n) is 8.36. The largest absolute Gasteiger partial charge is 0.468 e. The molecule has 1 amide bonds. The summed E-state index contributed by atoms with van der Waals surface area (Å²) in [6.45, 7) is 8.32. The molecule has 0 radical (unpaired) electrons. The van der Waals surface area contributed by atoms with Crippen LogP contribution in [-0.2, 0) is 51.1 Å². The molecule has 10 heteroatoms. The predicted octanol–water partition coefficient (Wildman–Crippen LogP) is 2.84. The summed E-state index contributed by atoms with van der Waals surface area (Å²) in [6, 6.07) is 19.3. The number of β-lactam (4-membered cyclic amide) rings is 1. The summed E-state index contributed by atoms with van der Waals surface area (Å²) in [5, 5.41) is 0. The fourth-order valence-electron chi connectivity index (χ4n) is 6.78. The summed E-state index contributed by atoms with van der Waals surface area (Å²) in [7, 11) is 1.31. The van der Waals surface area contributed by atoms with Crippen LogP contribution in [0.5, 0.6) is 0 Å². The van der Waals surface area contributed by atoms with E-state index in [0.717, 1.165) is 11.1 Å². The van der Waals surface area contributed by atoms with Crippen molar-refractivity contribution in [1.29, 1.82) is 0 Å². The molecule has 0 bridgehead atoms. The predicted molar refractivity (Wildman–Crippen MR) is 146 cm³/mol. The normalized spacial score (nSPS) is 33.3. The monoisotopic (exact) mass is 566 g/mol. The Kier molecular flexibility index (Phi) is 7.20. The van der Waals surface area contributed by atoms with Crippen molar-refractivity contribution in [3.63, 3.8) is 0 Å². The number of fused-ring (bicyclic) bond motifs is 2. The first-order valence-electron chi connectivity index (χ1n) is 14.1. The van der Waals surface area contributed by atoms with E-state index in [1.54, 1.807) is 4.90 Å². The number of carbonyl (C=O) groups excluding carboxylic acids is 2. The molecule has 2 aromatic rings. The van der Waals surface area contributed by atoms with Crippen molar-refractivity contribution < 1.29 is 38.0 Å². The van der Waals surface area contributed by atoms with Crippen molar-refractivity contribution >= 4 is 11.9 Å². The molecule has 0 N–H and O–H groups in total. The van der Waals surface area contributed by atoms with Crippen molar-refractivity contribution in [3.05, 3.63) is 71.8 Å². The van der Waals surface area contributed by atoms with E-state index in [1.807, 2.05) is 88.4 Å². The van der Waals surface area contributed by atoms with Gasteiger partial charge in [0, 0.05) is 13.1 Å². The van der Waals surface area contributed by atoms with Gasteiger partial charge in [-0.25, -0.2) is 0 Å². The minimum atomic E-state index is -1.12. The molecule has 4 aliphatic heterocycles. The number of carbonyl (C=O) groups is 2. The minimum absolute atomic E-state index is 0.206. The lowest BCUT2D eigenvalue weighted by atomic mass is 9.68. The summed E-state index contributed by atoms with van der Waals surface area (Å²) in [6.07, 6.45) is -2.68. The number of benzene rings is 2. The van der Waals surface area contributed by atoms with Gasteiger partial charge in [-0.3, -0.25) is 14.5 Å². The Morgan fingerprint density at radius 2 is 1.51 bits per heavy atom. The van der Waals surface area contributed by atoms with Gasteiger partial charge in [-0.2, -0.15) is 0 Å². The Morgan fingerprint density at radius 1 is 0.902 bits per heavy atom. The Morgan fingerprint density at radius 3 is 2.05 bits per heavy atom. The SMILES string of the molecule is COC(=O)CN1C(=O)C(N(Cc2ccccc2)Cc2ccccc2)[C@]12[C@@H]([C@H]1COC(C)(C)O1)O[C@@H]1OC(C)(C)O[C@@H]12. The average molecular weight is 567 g/mol. The van der Waals surface area contributed by atoms with E-state index in [1.165, 1.54) is 7.11 Å². The molecule has 220 valence electrons. The van der Waals surface area contributed by atoms with Crippen molar-refractivity contribution in [1.82, 2.24) is 9.80 Å². The van der Waals surface area contributed by atoms with E-state index in [2.05, 4.69) is 4.90 Å². The van der Waals surface area contributed by atoms with Crippen LogP contribution < -0.4 is 0 Å². The molecule has 0 aromatic heterocycles. The molecule has 0 saturated carbocycles. The molecule has 1 unspecified atom stereocenters. The van der Waals surface area contributed by atoms with Gasteiger partial charge >= 0.3 is 5.97 Å². The number of ether oxygens (including phenoxy) is 6. The number of esters is 1. The fourth-order valence-corrected chi connectivity index (χ4v) is 6.78. The van der Waals surface area contributed by atoms with Crippen molar-refractivity contribution in [2.24, 2.45) is 0 Å². The molecule has 4 aliphatic rings. The summed E-state index contributed by atoms with van der Waals surface area (Å²) < 4.78 is 36.7. The van der Waals surface area contributed by atoms with E-state index >= 15 is 0 Å². The summed E-state index contributed by atoms with van der Waals surface area (Å²) >= 11 is 0. The average Bonchev–Trinajstić information content (AvgIpc) is 3.56. The molecule has 4 saturated heterocycles. The standard InChI is InChI=1S/C31H38N2O8/c1-29(2)37-19-22(39-29)25-31(26-28(38-25)41-30(3,4)40-26)24(27(35)33(31)18-23(34)36-5)32(16-20-12-8-6-9-13-20)17-21-14-10-7-11-15-21/h6-15,22,24-26,28H,16-19H2,1-5H3/t22-,24?,25-,26+,28-,31-/m1/s1. The lowest BCUT2D eigenvalue weighted by molar-refractivity contribution is -0.259. The zero-order chi connectivity index (χ0) is 29.0. The van der Waals surface area contributed by atoms with Gasteiger partial charge < -0.3 is 33.3 Å². The zero-order valence-corrected chi connectivity index (χ0v) is 24.1. The van der Waals surface area contributed by atoms with Gasteiger partial charge in [-0.15, -0.1) is 0 Å². The number of rotatable bonds is 8. The van der Waals surface area contributed by atoms with Crippen LogP contribution in [0.3, 0.4) is 0 Å². The topological polar surface area (TPSA) is 96.0 Å². The highest BCUT2D eigenvalue weighted by Crippen LogP contribution is 2.56. The third-order valence-corrected chi connectivity index (χ3v) is 8.36. The van der Waals surface area contributed by atoms with Crippen molar-refractivity contribution in [2.45, 2.75) is 88.5 Å². The smallest absolute Gasteiger partial charge is 0.325 e. The molecule has 4 fully saturated rings. The van der Waals surface area contributed by atoms with Crippen LogP contribution >= 0.6 is 0 Å². The van der Waals surface area contributed by atoms with Gasteiger partial charge in [0.15, 0.2) is 17.9 Å². The second kappa shape index (κ2) is 10.4. The molecular formula is C31H38N2O8. The Hall–Kier alpha value is -2.86. The van der Waals surface area contributed by atoms with Gasteiger partial charge in [-0.1, -0.05) is 60.7 Å². The van der Waals surface area contributed by atoms with Crippen LogP contribution in [0.4, 0.5) is 0 Å². The number of nitrogens with zero attached hydrogens (tertiary/aromatic N) is 2. The highest BCUT2D eigenvalue weighted by molar-refractivity contribution is 5.95. The zero-order valence-electron chi connectivity index (χ0n) is 24.1. The molecule has 6 rings (SSSR count). The van der Waals surface area contributed by atoms with Gasteiger partial charge in [0.1, 0.15) is 36.4 Å². The summed E-state index contributed by atoms with van der Waals surface area (Å²) in [5.74, 6) is -2.53. The Balaban J connectivity index is 1.47. The number of hydrogen-bond donors (Lipinski definition) is 0. The maximum atomic E-state index is 14.3. The van der Waals surface area contributed by atoms with E-state index in [-0.39, 0.29) is 19.1 Å². The maximum Gasteiger partial charge on any atom is 0.325 e. The first kappa shape index (κ1) is 28.3. The number of hydrogen-bond acceptors (Lipinski definition) is 9. The third kappa shape index (κ3) is 4.96. The highest BCUT2D eigenvalue weighted by Gasteiger charge is 2.79. The Bertz CT molecular complexity index is 1230. The van der Waals surface area contributed by atoms with Crippen LogP contribution in [0.2, 0.25) is 0 Å². The molecule has 1 spiro atoms. The molecular weight excluding hydrogens is 528 g/mol. The van der Waals surface area contributed by atoms with Crippen molar-refractivity contribution in [3.8, 4) is 0 Å². The first-order valence-corrected chi connectivity index (χ1v) is 14.1. The second-order valence-electron chi connectivity index (χ2n) is 12.0. The van der Waals surface area contributed by atoms with E-state index in [4.69, 9.17) is 28.4 Å². The molecule has 10 nitrogen and oxygen atoms in total. The molecule has 2 aromatic carbocycles. The van der Waals surface area contributed by atoms with Crippen LogP contribution in [0.25, 0.3) is 0 Å². The number of methoxy groups -OCH3 is 1. The van der Waals surface area contributed by atoms with Gasteiger partial charge in [-0.05, 0) is 38.8 Å². The van der Waals surface area contributed by atoms with Crippen molar-refractivity contribution in [2.75, 3.05) is 20.3 Å². The second-order valence-corrected chi connectivity index (χ2v) is 12.0. The Labute approximate surface area is 240 Å². The fraction of sp³-hybridized carbons (Fsp3) is 0.548. The van der Waals surface area contributed by atoms with E-state index < -0.39 is 53.7 Å². The quantitative estimate of drug-likeness (QED) is 0.353. The van der Waals surface area contributed by atoms with Crippen LogP contribution in [-0.4, -0.2) is 89.7 Å². The van der Waals surface area contributed by atoms with Gasteiger partial charge in [0.2, 0.25) is 5.91 Å². The highest BCUT2D eigenvalue weighted by atomic mass is 16.8. The van der Waals surface area contributed by atoms with Crippen LogP contribution in [0.15, 0.2) is 60.7 Å². The molecule has 0 aliphatic carbocycles. The lowest BCUT2D eigenvalue weighted by Gasteiger charge is -2.62. The number of likely N-dealkylation sites (tertiary alicyclic amines) is 1. The molecule has 4 heterocycles. The summed E-state index contributed by atoms with van der Waals surface area (Å²) in [4.78, 5) is 30.7. The van der Waals surface area contributed by atoms with Gasteiger partial charge in [0.05, 0.1) is 13.7 Å². The lowest BCUT2D eigenvalue weighted by Crippen LogP contribution is -2.86. The number of amides is 1. The van der Waals surface area contributed by atoms with Crippen LogP contribution in [0.1, 0.15) is 38.8 Å².